The summed E-state index contributed by atoms with van der Waals surface area (Å²) in [6.45, 7) is 10.7. The van der Waals surface area contributed by atoms with E-state index in [0.29, 0.717) is 6.54 Å². The van der Waals surface area contributed by atoms with Crippen LogP contribution in [0.5, 0.6) is 0 Å². The van der Waals surface area contributed by atoms with Gasteiger partial charge in [0.25, 0.3) is 0 Å². The minimum atomic E-state index is -0.276. The van der Waals surface area contributed by atoms with Crippen molar-refractivity contribution in [2.45, 2.75) is 26.5 Å². The van der Waals surface area contributed by atoms with Crippen molar-refractivity contribution < 1.29 is 14.9 Å². The fourth-order valence-electron chi connectivity index (χ4n) is 3.68. The van der Waals surface area contributed by atoms with E-state index in [1.807, 2.05) is 0 Å². The van der Waals surface area contributed by atoms with E-state index < -0.39 is 0 Å². The first-order valence-corrected chi connectivity index (χ1v) is 8.43. The zero-order valence-corrected chi connectivity index (χ0v) is 14.0. The first-order chi connectivity index (χ1) is 10.6. The average molecular weight is 303 g/mol. The van der Waals surface area contributed by atoms with Crippen LogP contribution in [0, 0.1) is 13.8 Å². The zero-order valence-electron chi connectivity index (χ0n) is 14.0. The lowest BCUT2D eigenvalue weighted by atomic mass is 10.2. The number of aliphatic hydroxyl groups is 1. The molecule has 1 atom stereocenters. The predicted octanol–water partition coefficient (Wildman–Crippen LogP) is -0.968. The molecule has 120 valence electrons. The van der Waals surface area contributed by atoms with Gasteiger partial charge in [-0.25, -0.2) is 0 Å². The van der Waals surface area contributed by atoms with Crippen LogP contribution in [0.4, 0.5) is 0 Å². The highest BCUT2D eigenvalue weighted by atomic mass is 16.3. The Balaban J connectivity index is 1.71. The van der Waals surface area contributed by atoms with Crippen molar-refractivity contribution >= 4 is 10.9 Å². The van der Waals surface area contributed by atoms with Crippen LogP contribution in [0.3, 0.4) is 0 Å². The summed E-state index contributed by atoms with van der Waals surface area (Å²) in [6, 6.07) is 8.51. The predicted molar refractivity (Wildman–Crippen MR) is 89.6 cm³/mol. The third-order valence-electron chi connectivity index (χ3n) is 5.27. The molecule has 0 aliphatic carbocycles. The number of benzene rings is 1. The van der Waals surface area contributed by atoms with E-state index in [4.69, 9.17) is 0 Å². The number of likely N-dealkylation sites (N-methyl/N-ethyl adjacent to an activating group) is 1. The van der Waals surface area contributed by atoms with E-state index in [1.54, 1.807) is 9.80 Å². The molecule has 22 heavy (non-hydrogen) atoms. The summed E-state index contributed by atoms with van der Waals surface area (Å²) in [4.78, 5) is 3.16. The number of aromatic nitrogens is 1. The molecule has 4 nitrogen and oxygen atoms in total. The number of nitrogens with one attached hydrogen (secondary N) is 2. The molecule has 0 amide bonds. The molecule has 2 heterocycles. The topological polar surface area (TPSA) is 34.0 Å². The number of rotatable bonds is 4. The van der Waals surface area contributed by atoms with Gasteiger partial charge in [-0.15, -0.1) is 0 Å². The highest BCUT2D eigenvalue weighted by molar-refractivity contribution is 5.85. The fourth-order valence-corrected chi connectivity index (χ4v) is 3.68. The van der Waals surface area contributed by atoms with Gasteiger partial charge >= 0.3 is 0 Å². The zero-order chi connectivity index (χ0) is 15.7. The van der Waals surface area contributed by atoms with Crippen LogP contribution in [0.2, 0.25) is 0 Å². The van der Waals surface area contributed by atoms with Crippen molar-refractivity contribution in [1.82, 2.24) is 4.57 Å². The van der Waals surface area contributed by atoms with Crippen molar-refractivity contribution in [3.05, 3.63) is 35.5 Å². The standard InChI is InChI=1S/C18H27N3O/c1-14-15(2)21(18-7-5-4-6-17(14)18)13-16(22)12-20-10-8-19(3)9-11-20/h4-7,16,22H,8-13H2,1-3H3/p+2. The Morgan fingerprint density at radius 3 is 2.55 bits per heavy atom. The first kappa shape index (κ1) is 15.5. The molecule has 0 bridgehead atoms. The van der Waals surface area contributed by atoms with Crippen molar-refractivity contribution in [2.24, 2.45) is 0 Å². The molecule has 2 aromatic rings. The molecule has 1 unspecified atom stereocenters. The molecule has 0 saturated carbocycles. The Labute approximate surface area is 132 Å². The lowest BCUT2D eigenvalue weighted by Crippen LogP contribution is -3.27. The Kier molecular flexibility index (Phi) is 4.52. The summed E-state index contributed by atoms with van der Waals surface area (Å²) < 4.78 is 2.29. The number of fused-ring (bicyclic) bond motifs is 1. The molecule has 1 aliphatic heterocycles. The second-order valence-corrected chi connectivity index (χ2v) is 6.90. The second-order valence-electron chi connectivity index (χ2n) is 6.90. The van der Waals surface area contributed by atoms with E-state index in [9.17, 15) is 5.11 Å². The van der Waals surface area contributed by atoms with Crippen molar-refractivity contribution in [1.29, 1.82) is 0 Å². The molecule has 1 fully saturated rings. The van der Waals surface area contributed by atoms with Gasteiger partial charge in [-0.05, 0) is 25.5 Å². The van der Waals surface area contributed by atoms with Crippen LogP contribution in [-0.4, -0.2) is 55.5 Å². The maximum Gasteiger partial charge on any atom is 0.127 e. The molecule has 0 radical (unpaired) electrons. The lowest BCUT2D eigenvalue weighted by Gasteiger charge is -2.29. The maximum absolute atomic E-state index is 10.6. The van der Waals surface area contributed by atoms with Gasteiger partial charge in [0, 0.05) is 16.6 Å². The van der Waals surface area contributed by atoms with Gasteiger partial charge in [0.05, 0.1) is 13.6 Å². The Hall–Kier alpha value is -1.36. The number of quaternary nitrogens is 2. The fraction of sp³-hybridized carbons (Fsp3) is 0.556. The van der Waals surface area contributed by atoms with Crippen LogP contribution < -0.4 is 9.80 Å². The summed E-state index contributed by atoms with van der Waals surface area (Å²) in [6.07, 6.45) is -0.276. The summed E-state index contributed by atoms with van der Waals surface area (Å²) in [7, 11) is 2.26. The Morgan fingerprint density at radius 1 is 1.14 bits per heavy atom. The van der Waals surface area contributed by atoms with Crippen LogP contribution in [-0.2, 0) is 6.54 Å². The largest absolute Gasteiger partial charge is 0.385 e. The van der Waals surface area contributed by atoms with Crippen molar-refractivity contribution in [3.8, 4) is 0 Å². The third kappa shape index (κ3) is 3.05. The molecule has 4 heteroatoms. The van der Waals surface area contributed by atoms with Gasteiger partial charge in [-0.2, -0.15) is 0 Å². The monoisotopic (exact) mass is 303 g/mol. The molecule has 1 saturated heterocycles. The molecule has 0 spiro atoms. The smallest absolute Gasteiger partial charge is 0.127 e. The summed E-state index contributed by atoms with van der Waals surface area (Å²) in [5.74, 6) is 0. The molecular formula is C18H29N3O+2. The van der Waals surface area contributed by atoms with Crippen LogP contribution in [0.25, 0.3) is 10.9 Å². The van der Waals surface area contributed by atoms with Gasteiger partial charge < -0.3 is 19.5 Å². The number of nitrogens with zero attached hydrogens (tertiary/aromatic N) is 1. The minimum Gasteiger partial charge on any atom is -0.385 e. The summed E-state index contributed by atoms with van der Waals surface area (Å²) in [5.41, 5.74) is 3.85. The van der Waals surface area contributed by atoms with Gasteiger partial charge in [-0.3, -0.25) is 0 Å². The normalized spacial score (nSPS) is 23.8. The number of para-hydroxylation sites is 1. The third-order valence-corrected chi connectivity index (χ3v) is 5.27. The second kappa shape index (κ2) is 6.41. The summed E-state index contributed by atoms with van der Waals surface area (Å²) >= 11 is 0. The minimum absolute atomic E-state index is 0.276. The van der Waals surface area contributed by atoms with Crippen molar-refractivity contribution in [3.63, 3.8) is 0 Å². The quantitative estimate of drug-likeness (QED) is 0.668. The lowest BCUT2D eigenvalue weighted by molar-refractivity contribution is -1.00. The maximum atomic E-state index is 10.6. The molecule has 1 aromatic carbocycles. The van der Waals surface area contributed by atoms with E-state index in [-0.39, 0.29) is 6.10 Å². The molecule has 1 aliphatic rings. The van der Waals surface area contributed by atoms with E-state index in [2.05, 4.69) is 49.7 Å². The Bertz CT molecular complexity index is 641. The van der Waals surface area contributed by atoms with E-state index in [0.717, 1.165) is 6.54 Å². The van der Waals surface area contributed by atoms with E-state index in [1.165, 1.54) is 48.3 Å². The summed E-state index contributed by atoms with van der Waals surface area (Å²) in [5, 5.41) is 11.9. The average Bonchev–Trinajstić information content (AvgIpc) is 2.75. The highest BCUT2D eigenvalue weighted by Gasteiger charge is 2.23. The molecule has 3 rings (SSSR count). The SMILES string of the molecule is Cc1c(C)n(CC(O)C[NH+]2CC[NH+](C)CC2)c2ccccc12. The first-order valence-electron chi connectivity index (χ1n) is 8.43. The van der Waals surface area contributed by atoms with Crippen LogP contribution in [0.15, 0.2) is 24.3 Å². The number of aliphatic hydroxyl groups excluding tert-OH is 1. The van der Waals surface area contributed by atoms with Crippen LogP contribution in [0.1, 0.15) is 11.3 Å². The van der Waals surface area contributed by atoms with Gasteiger partial charge in [-0.1, -0.05) is 18.2 Å². The number of aryl methyl sites for hydroxylation is 1. The van der Waals surface area contributed by atoms with Gasteiger partial charge in [0.15, 0.2) is 0 Å². The molecular weight excluding hydrogens is 274 g/mol. The Morgan fingerprint density at radius 2 is 1.82 bits per heavy atom. The van der Waals surface area contributed by atoms with Crippen LogP contribution >= 0.6 is 0 Å². The van der Waals surface area contributed by atoms with Crippen molar-refractivity contribution in [2.75, 3.05) is 39.8 Å². The molecule has 1 aromatic heterocycles. The highest BCUT2D eigenvalue weighted by Crippen LogP contribution is 2.24. The number of piperazine rings is 1. The number of hydrogen-bond acceptors (Lipinski definition) is 1. The number of hydrogen-bond donors (Lipinski definition) is 3. The molecule has 3 N–H and O–H groups in total. The van der Waals surface area contributed by atoms with E-state index >= 15 is 0 Å². The van der Waals surface area contributed by atoms with Gasteiger partial charge in [0.1, 0.15) is 38.8 Å². The van der Waals surface area contributed by atoms with Gasteiger partial charge in [0.2, 0.25) is 0 Å².